The van der Waals surface area contributed by atoms with Gasteiger partial charge in [-0.3, -0.25) is 0 Å². The maximum atomic E-state index is 13.1. The van der Waals surface area contributed by atoms with E-state index in [9.17, 15) is 22.4 Å². The van der Waals surface area contributed by atoms with E-state index in [1.54, 1.807) is 11.9 Å². The molecule has 100 valence electrons. The van der Waals surface area contributed by atoms with Crippen LogP contribution in [-0.2, 0) is 6.18 Å². The van der Waals surface area contributed by atoms with Gasteiger partial charge in [-0.25, -0.2) is 9.18 Å². The summed E-state index contributed by atoms with van der Waals surface area (Å²) in [6.45, 7) is 1.59. The molecule has 2 rings (SSSR count). The van der Waals surface area contributed by atoms with Crippen molar-refractivity contribution in [1.29, 1.82) is 0 Å². The van der Waals surface area contributed by atoms with Crippen LogP contribution < -0.4 is 5.69 Å². The highest BCUT2D eigenvalue weighted by Gasteiger charge is 2.32. The van der Waals surface area contributed by atoms with Gasteiger partial charge in [-0.2, -0.15) is 18.2 Å². The minimum Gasteiger partial charge on any atom is -0.302 e. The van der Waals surface area contributed by atoms with E-state index >= 15 is 0 Å². The van der Waals surface area contributed by atoms with E-state index in [-0.39, 0.29) is 11.3 Å². The molecule has 0 amide bonds. The number of alkyl halides is 3. The lowest BCUT2D eigenvalue weighted by Crippen LogP contribution is -2.19. The molecule has 2 aromatic rings. The predicted octanol–water partition coefficient (Wildman–Crippen LogP) is 2.90. The Balaban J connectivity index is 2.66. The third-order valence-electron chi connectivity index (χ3n) is 2.53. The van der Waals surface area contributed by atoms with Gasteiger partial charge in [0.15, 0.2) is 0 Å². The van der Waals surface area contributed by atoms with Crippen LogP contribution in [0.3, 0.4) is 0 Å². The topological polar surface area (TPSA) is 45.8 Å². The summed E-state index contributed by atoms with van der Waals surface area (Å²) in [6.07, 6.45) is -4.70. The van der Waals surface area contributed by atoms with Gasteiger partial charge in [-0.05, 0) is 30.7 Å². The van der Waals surface area contributed by atoms with Gasteiger partial charge in [0.25, 0.3) is 0 Å². The maximum absolute atomic E-state index is 13.1. The van der Waals surface area contributed by atoms with Crippen molar-refractivity contribution in [2.24, 2.45) is 0 Å². The van der Waals surface area contributed by atoms with Crippen molar-refractivity contribution in [3.63, 3.8) is 0 Å². The molecule has 0 radical (unpaired) electrons. The van der Waals surface area contributed by atoms with Crippen molar-refractivity contribution in [2.75, 3.05) is 0 Å². The Labute approximate surface area is 104 Å². The fourth-order valence-electron chi connectivity index (χ4n) is 1.62. The normalized spacial score (nSPS) is 11.6. The third kappa shape index (κ3) is 2.81. The molecule has 1 aromatic carbocycles. The molecule has 1 heterocycles. The molecule has 0 aliphatic heterocycles. The fourth-order valence-corrected chi connectivity index (χ4v) is 1.62. The summed E-state index contributed by atoms with van der Waals surface area (Å²) >= 11 is 0. The molecule has 0 saturated carbocycles. The molecule has 1 N–H and O–H groups in total. The van der Waals surface area contributed by atoms with Gasteiger partial charge < -0.3 is 4.98 Å². The summed E-state index contributed by atoms with van der Waals surface area (Å²) in [7, 11) is 0. The monoisotopic (exact) mass is 272 g/mol. The number of aryl methyl sites for hydroxylation is 1. The van der Waals surface area contributed by atoms with Crippen LogP contribution in [0.25, 0.3) is 11.3 Å². The van der Waals surface area contributed by atoms with Crippen LogP contribution in [0.5, 0.6) is 0 Å². The number of aromatic amines is 1. The van der Waals surface area contributed by atoms with Crippen LogP contribution in [0.1, 0.15) is 11.3 Å². The average molecular weight is 272 g/mol. The first kappa shape index (κ1) is 13.3. The van der Waals surface area contributed by atoms with Crippen molar-refractivity contribution in [3.05, 3.63) is 51.8 Å². The van der Waals surface area contributed by atoms with Gasteiger partial charge in [0.1, 0.15) is 11.5 Å². The number of nitrogens with zero attached hydrogens (tertiary/aromatic N) is 1. The number of rotatable bonds is 1. The van der Waals surface area contributed by atoms with E-state index in [4.69, 9.17) is 0 Å². The van der Waals surface area contributed by atoms with E-state index < -0.39 is 23.4 Å². The highest BCUT2D eigenvalue weighted by atomic mass is 19.4. The molecule has 0 aliphatic carbocycles. The molecule has 0 saturated heterocycles. The molecule has 0 atom stereocenters. The zero-order valence-corrected chi connectivity index (χ0v) is 9.68. The summed E-state index contributed by atoms with van der Waals surface area (Å²) in [5, 5.41) is 0. The number of hydrogen-bond acceptors (Lipinski definition) is 2. The van der Waals surface area contributed by atoms with Crippen molar-refractivity contribution < 1.29 is 17.6 Å². The molecule has 0 aliphatic rings. The molecule has 7 heteroatoms. The Hall–Kier alpha value is -2.18. The van der Waals surface area contributed by atoms with Crippen LogP contribution in [-0.4, -0.2) is 9.97 Å². The molecule has 1 aromatic heterocycles. The Morgan fingerprint density at radius 2 is 1.89 bits per heavy atom. The highest BCUT2D eigenvalue weighted by Crippen LogP contribution is 2.29. The van der Waals surface area contributed by atoms with Gasteiger partial charge in [-0.15, -0.1) is 0 Å². The minimum absolute atomic E-state index is 0.150. The zero-order valence-electron chi connectivity index (χ0n) is 9.68. The highest BCUT2D eigenvalue weighted by molar-refractivity contribution is 5.63. The number of nitrogens with one attached hydrogen (secondary N) is 1. The largest absolute Gasteiger partial charge is 0.431 e. The Bertz CT molecular complexity index is 676. The second-order valence-corrected chi connectivity index (χ2v) is 3.94. The molecule has 0 unspecified atom stereocenters. The van der Waals surface area contributed by atoms with Crippen molar-refractivity contribution in [2.45, 2.75) is 13.1 Å². The van der Waals surface area contributed by atoms with Crippen molar-refractivity contribution in [3.8, 4) is 11.3 Å². The number of H-pyrrole nitrogens is 1. The molecule has 0 spiro atoms. The number of halogens is 4. The van der Waals surface area contributed by atoms with E-state index in [2.05, 4.69) is 4.98 Å². The summed E-state index contributed by atoms with van der Waals surface area (Å²) in [5.74, 6) is -0.615. The van der Waals surface area contributed by atoms with Crippen LogP contribution in [0.15, 0.2) is 29.1 Å². The van der Waals surface area contributed by atoms with E-state index in [1.165, 1.54) is 12.1 Å². The van der Waals surface area contributed by atoms with Crippen LogP contribution in [0.2, 0.25) is 0 Å². The Morgan fingerprint density at radius 3 is 2.53 bits per heavy atom. The fraction of sp³-hybridized carbons (Fsp3) is 0.167. The average Bonchev–Trinajstić information content (AvgIpc) is 2.30. The Morgan fingerprint density at radius 1 is 1.21 bits per heavy atom. The van der Waals surface area contributed by atoms with Gasteiger partial charge >= 0.3 is 11.9 Å². The number of hydrogen-bond donors (Lipinski definition) is 1. The summed E-state index contributed by atoms with van der Waals surface area (Å²) in [4.78, 5) is 16.2. The van der Waals surface area contributed by atoms with Crippen molar-refractivity contribution in [1.82, 2.24) is 9.97 Å². The molecular formula is C12H8F4N2O. The SMILES string of the molecule is Cc1ccc(F)cc1-c1cc(C(F)(F)F)[nH]c(=O)n1. The first-order valence-electron chi connectivity index (χ1n) is 5.22. The molecular weight excluding hydrogens is 264 g/mol. The zero-order chi connectivity index (χ0) is 14.2. The van der Waals surface area contributed by atoms with Crippen molar-refractivity contribution >= 4 is 0 Å². The predicted molar refractivity (Wildman–Crippen MR) is 60.0 cm³/mol. The van der Waals surface area contributed by atoms with Crippen LogP contribution >= 0.6 is 0 Å². The summed E-state index contributed by atoms with van der Waals surface area (Å²) in [6, 6.07) is 4.30. The maximum Gasteiger partial charge on any atom is 0.431 e. The van der Waals surface area contributed by atoms with E-state index in [0.29, 0.717) is 11.6 Å². The lowest BCUT2D eigenvalue weighted by Gasteiger charge is -2.09. The van der Waals surface area contributed by atoms with Crippen LogP contribution in [0.4, 0.5) is 17.6 Å². The van der Waals surface area contributed by atoms with Gasteiger partial charge in [0.2, 0.25) is 0 Å². The Kier molecular flexibility index (Phi) is 3.13. The second kappa shape index (κ2) is 4.49. The van der Waals surface area contributed by atoms with Crippen LogP contribution in [0, 0.1) is 12.7 Å². The standard InChI is InChI=1S/C12H8F4N2O/c1-6-2-3-7(13)4-8(6)9-5-10(12(14,15)16)18-11(19)17-9/h2-5H,1H3,(H,17,18,19). The molecule has 0 bridgehead atoms. The first-order valence-corrected chi connectivity index (χ1v) is 5.22. The van der Waals surface area contributed by atoms with Gasteiger partial charge in [0, 0.05) is 5.56 Å². The summed E-state index contributed by atoms with van der Waals surface area (Å²) in [5.41, 5.74) is -1.89. The lowest BCUT2D eigenvalue weighted by molar-refractivity contribution is -0.141. The molecule has 19 heavy (non-hydrogen) atoms. The molecule has 3 nitrogen and oxygen atoms in total. The second-order valence-electron chi connectivity index (χ2n) is 3.94. The number of aromatic nitrogens is 2. The quantitative estimate of drug-likeness (QED) is 0.811. The lowest BCUT2D eigenvalue weighted by atomic mass is 10.0. The van der Waals surface area contributed by atoms with Gasteiger partial charge in [0.05, 0.1) is 5.69 Å². The minimum atomic E-state index is -4.70. The van der Waals surface area contributed by atoms with E-state index in [0.717, 1.165) is 6.07 Å². The number of benzene rings is 1. The first-order chi connectivity index (χ1) is 8.77. The molecule has 0 fully saturated rings. The third-order valence-corrected chi connectivity index (χ3v) is 2.53. The summed E-state index contributed by atoms with van der Waals surface area (Å²) < 4.78 is 50.8. The van der Waals surface area contributed by atoms with Gasteiger partial charge in [-0.1, -0.05) is 6.07 Å². The smallest absolute Gasteiger partial charge is 0.302 e. The van der Waals surface area contributed by atoms with E-state index in [1.807, 2.05) is 0 Å².